The van der Waals surface area contributed by atoms with Crippen LogP contribution in [0.15, 0.2) is 24.3 Å². The Morgan fingerprint density at radius 3 is 2.31 bits per heavy atom. The molecule has 13 heavy (non-hydrogen) atoms. The number of nitrogens with two attached hydrogens (primary N) is 1. The van der Waals surface area contributed by atoms with Crippen molar-refractivity contribution in [1.29, 1.82) is 0 Å². The molecule has 1 unspecified atom stereocenters. The second kappa shape index (κ2) is 2.32. The Hall–Kier alpha value is -0.890. The first kappa shape index (κ1) is 8.70. The van der Waals surface area contributed by atoms with E-state index in [1.807, 2.05) is 6.07 Å². The number of hydrogen-bond acceptors (Lipinski definition) is 1. The van der Waals surface area contributed by atoms with Crippen LogP contribution in [-0.2, 0) is 5.54 Å². The van der Waals surface area contributed by atoms with Gasteiger partial charge in [-0.15, -0.1) is 0 Å². The second-order valence-electron chi connectivity index (χ2n) is 4.51. The zero-order valence-electron chi connectivity index (χ0n) is 7.97. The number of benzene rings is 1. The van der Waals surface area contributed by atoms with Crippen molar-refractivity contribution in [2.45, 2.75) is 25.8 Å². The van der Waals surface area contributed by atoms with Gasteiger partial charge in [-0.25, -0.2) is 4.39 Å². The summed E-state index contributed by atoms with van der Waals surface area (Å²) in [6.07, 6.45) is 0.862. The fourth-order valence-electron chi connectivity index (χ4n) is 1.94. The van der Waals surface area contributed by atoms with Crippen molar-refractivity contribution in [2.24, 2.45) is 11.1 Å². The summed E-state index contributed by atoms with van der Waals surface area (Å²) in [5.41, 5.74) is 6.35. The summed E-state index contributed by atoms with van der Waals surface area (Å²) in [6.45, 7) is 4.14. The molecule has 0 amide bonds. The van der Waals surface area contributed by atoms with E-state index in [1.54, 1.807) is 12.1 Å². The lowest BCUT2D eigenvalue weighted by Crippen LogP contribution is -2.26. The third-order valence-electron chi connectivity index (χ3n) is 3.16. The van der Waals surface area contributed by atoms with Crippen LogP contribution in [0.2, 0.25) is 0 Å². The van der Waals surface area contributed by atoms with Gasteiger partial charge < -0.3 is 5.73 Å². The average molecular weight is 179 g/mol. The van der Waals surface area contributed by atoms with Crippen LogP contribution in [0.25, 0.3) is 0 Å². The Morgan fingerprint density at radius 2 is 1.85 bits per heavy atom. The van der Waals surface area contributed by atoms with Crippen LogP contribution in [-0.4, -0.2) is 0 Å². The second-order valence-corrected chi connectivity index (χ2v) is 4.51. The van der Waals surface area contributed by atoms with E-state index in [0.29, 0.717) is 5.56 Å². The van der Waals surface area contributed by atoms with Gasteiger partial charge >= 0.3 is 0 Å². The smallest absolute Gasteiger partial charge is 0.128 e. The van der Waals surface area contributed by atoms with Crippen LogP contribution < -0.4 is 5.73 Å². The molecule has 1 atom stereocenters. The van der Waals surface area contributed by atoms with Gasteiger partial charge in [0.2, 0.25) is 0 Å². The molecule has 1 saturated carbocycles. The topological polar surface area (TPSA) is 26.0 Å². The number of hydrogen-bond donors (Lipinski definition) is 1. The van der Waals surface area contributed by atoms with Gasteiger partial charge in [0.25, 0.3) is 0 Å². The quantitative estimate of drug-likeness (QED) is 0.704. The van der Waals surface area contributed by atoms with Crippen molar-refractivity contribution in [1.82, 2.24) is 0 Å². The van der Waals surface area contributed by atoms with Crippen LogP contribution in [0.1, 0.15) is 25.8 Å². The van der Waals surface area contributed by atoms with Gasteiger partial charge in [-0.1, -0.05) is 32.0 Å². The fraction of sp³-hybridized carbons (Fsp3) is 0.455. The molecule has 0 radical (unpaired) electrons. The van der Waals surface area contributed by atoms with E-state index in [9.17, 15) is 4.39 Å². The lowest BCUT2D eigenvalue weighted by molar-refractivity contribution is 0.483. The van der Waals surface area contributed by atoms with E-state index in [-0.39, 0.29) is 11.2 Å². The maximum absolute atomic E-state index is 13.4. The van der Waals surface area contributed by atoms with Crippen LogP contribution in [0, 0.1) is 11.2 Å². The highest BCUT2D eigenvalue weighted by Gasteiger charge is 2.60. The SMILES string of the molecule is CC1(C)CC1(N)c1ccccc1F. The number of halogens is 1. The van der Waals surface area contributed by atoms with Crippen molar-refractivity contribution in [3.8, 4) is 0 Å². The highest BCUT2D eigenvalue weighted by atomic mass is 19.1. The third kappa shape index (κ3) is 1.09. The van der Waals surface area contributed by atoms with Crippen LogP contribution >= 0.6 is 0 Å². The summed E-state index contributed by atoms with van der Waals surface area (Å²) < 4.78 is 13.4. The molecule has 0 bridgehead atoms. The van der Waals surface area contributed by atoms with E-state index >= 15 is 0 Å². The van der Waals surface area contributed by atoms with E-state index in [4.69, 9.17) is 5.73 Å². The third-order valence-corrected chi connectivity index (χ3v) is 3.16. The van der Waals surface area contributed by atoms with Crippen molar-refractivity contribution >= 4 is 0 Å². The lowest BCUT2D eigenvalue weighted by atomic mass is 9.97. The molecule has 0 aliphatic heterocycles. The first-order chi connectivity index (χ1) is 5.97. The predicted octanol–water partition coefficient (Wildman–Crippen LogP) is 2.41. The Morgan fingerprint density at radius 1 is 1.31 bits per heavy atom. The van der Waals surface area contributed by atoms with Gasteiger partial charge in [0.15, 0.2) is 0 Å². The Balaban J connectivity index is 2.44. The van der Waals surface area contributed by atoms with Crippen LogP contribution in [0.3, 0.4) is 0 Å². The van der Waals surface area contributed by atoms with Crippen molar-refractivity contribution in [3.05, 3.63) is 35.6 Å². The summed E-state index contributed by atoms with van der Waals surface area (Å²) in [4.78, 5) is 0. The Kier molecular flexibility index (Phi) is 1.55. The zero-order chi connectivity index (χ0) is 9.69. The molecule has 2 N–H and O–H groups in total. The highest BCUT2D eigenvalue weighted by Crippen LogP contribution is 2.60. The number of rotatable bonds is 1. The van der Waals surface area contributed by atoms with Gasteiger partial charge in [0, 0.05) is 11.1 Å². The van der Waals surface area contributed by atoms with Gasteiger partial charge in [0.05, 0.1) is 0 Å². The summed E-state index contributed by atoms with van der Waals surface area (Å²) in [5.74, 6) is -0.185. The minimum atomic E-state index is -0.446. The molecule has 1 aliphatic carbocycles. The molecule has 1 nitrogen and oxygen atoms in total. The predicted molar refractivity (Wildman–Crippen MR) is 50.7 cm³/mol. The highest BCUT2D eigenvalue weighted by molar-refractivity contribution is 5.35. The Bertz CT molecular complexity index is 346. The molecule has 0 heterocycles. The molecular weight excluding hydrogens is 165 g/mol. The summed E-state index contributed by atoms with van der Waals surface area (Å²) in [7, 11) is 0. The molecular formula is C11H14FN. The normalized spacial score (nSPS) is 30.2. The fourth-order valence-corrected chi connectivity index (χ4v) is 1.94. The largest absolute Gasteiger partial charge is 0.321 e. The van der Waals surface area contributed by atoms with Crippen LogP contribution in [0.4, 0.5) is 4.39 Å². The molecule has 0 spiro atoms. The van der Waals surface area contributed by atoms with Gasteiger partial charge in [-0.3, -0.25) is 0 Å². The molecule has 1 aromatic rings. The minimum absolute atomic E-state index is 0.0369. The molecule has 2 rings (SSSR count). The van der Waals surface area contributed by atoms with Crippen molar-refractivity contribution in [3.63, 3.8) is 0 Å². The van der Waals surface area contributed by atoms with Gasteiger partial charge in [0.1, 0.15) is 5.82 Å². The molecule has 0 saturated heterocycles. The lowest BCUT2D eigenvalue weighted by Gasteiger charge is -2.15. The average Bonchev–Trinajstić information content (AvgIpc) is 2.53. The summed E-state index contributed by atoms with van der Waals surface area (Å²) >= 11 is 0. The monoisotopic (exact) mass is 179 g/mol. The van der Waals surface area contributed by atoms with E-state index in [2.05, 4.69) is 13.8 Å². The first-order valence-electron chi connectivity index (χ1n) is 4.51. The standard InChI is InChI=1S/C11H14FN/c1-10(2)7-11(10,13)8-5-3-4-6-9(8)12/h3-6H,7,13H2,1-2H3. The maximum atomic E-state index is 13.4. The molecule has 1 fully saturated rings. The molecule has 1 aliphatic rings. The van der Waals surface area contributed by atoms with E-state index in [0.717, 1.165) is 6.42 Å². The van der Waals surface area contributed by atoms with Gasteiger partial charge in [-0.05, 0) is 17.9 Å². The first-order valence-corrected chi connectivity index (χ1v) is 4.51. The minimum Gasteiger partial charge on any atom is -0.321 e. The molecule has 0 aromatic heterocycles. The maximum Gasteiger partial charge on any atom is 0.128 e. The zero-order valence-corrected chi connectivity index (χ0v) is 7.97. The molecule has 2 heteroatoms. The van der Waals surface area contributed by atoms with Crippen molar-refractivity contribution < 1.29 is 4.39 Å². The Labute approximate surface area is 77.8 Å². The molecule has 70 valence electrons. The van der Waals surface area contributed by atoms with E-state index in [1.165, 1.54) is 6.07 Å². The summed E-state index contributed by atoms with van der Waals surface area (Å²) in [5, 5.41) is 0. The molecule has 1 aromatic carbocycles. The van der Waals surface area contributed by atoms with Gasteiger partial charge in [-0.2, -0.15) is 0 Å². The van der Waals surface area contributed by atoms with Crippen LogP contribution in [0.5, 0.6) is 0 Å². The van der Waals surface area contributed by atoms with E-state index < -0.39 is 5.54 Å². The van der Waals surface area contributed by atoms with Crippen molar-refractivity contribution in [2.75, 3.05) is 0 Å². The summed E-state index contributed by atoms with van der Waals surface area (Å²) in [6, 6.07) is 6.78.